The van der Waals surface area contributed by atoms with Crippen molar-refractivity contribution in [1.82, 2.24) is 0 Å². The second-order valence-corrected chi connectivity index (χ2v) is 2.16. The van der Waals surface area contributed by atoms with Gasteiger partial charge in [0.2, 0.25) is 0 Å². The molecule has 0 saturated carbocycles. The fourth-order valence-corrected chi connectivity index (χ4v) is 0.349. The lowest BCUT2D eigenvalue weighted by molar-refractivity contribution is -0.131. The zero-order valence-corrected chi connectivity index (χ0v) is 5.86. The van der Waals surface area contributed by atoms with Gasteiger partial charge in [-0.3, -0.25) is 0 Å². The zero-order valence-electron chi connectivity index (χ0n) is 4.34. The number of allylic oxidation sites excluding steroid dienone is 2. The Morgan fingerprint density at radius 1 is 1.44 bits per heavy atom. The molecule has 0 fully saturated rings. The standard InChI is InChI=1S/C5H4Cl2O2/c6-4(7)2-1-3-5(8)9/h1-3H,(H,8,9)/b3-1+. The second kappa shape index (κ2) is 4.41. The van der Waals surface area contributed by atoms with Gasteiger partial charge in [-0.05, 0) is 6.08 Å². The average molecular weight is 167 g/mol. The van der Waals surface area contributed by atoms with E-state index in [1.54, 1.807) is 0 Å². The van der Waals surface area contributed by atoms with Crippen LogP contribution in [0.5, 0.6) is 0 Å². The van der Waals surface area contributed by atoms with Crippen LogP contribution < -0.4 is 0 Å². The summed E-state index contributed by atoms with van der Waals surface area (Å²) in [6.07, 6.45) is 3.46. The zero-order chi connectivity index (χ0) is 7.28. The molecule has 0 amide bonds. The van der Waals surface area contributed by atoms with Crippen molar-refractivity contribution < 1.29 is 9.90 Å². The van der Waals surface area contributed by atoms with Crippen molar-refractivity contribution in [3.63, 3.8) is 0 Å². The second-order valence-electron chi connectivity index (χ2n) is 1.15. The summed E-state index contributed by atoms with van der Waals surface area (Å²) in [7, 11) is 0. The van der Waals surface area contributed by atoms with E-state index in [0.717, 1.165) is 6.08 Å². The molecular formula is C5H4Cl2O2. The predicted octanol–water partition coefficient (Wildman–Crippen LogP) is 1.95. The Kier molecular flexibility index (Phi) is 4.18. The molecule has 2 nitrogen and oxygen atoms in total. The summed E-state index contributed by atoms with van der Waals surface area (Å²) >= 11 is 10.3. The maximum Gasteiger partial charge on any atom is 0.328 e. The lowest BCUT2D eigenvalue weighted by Gasteiger charge is -1.75. The SMILES string of the molecule is O=C(O)/C=C/C=C(Cl)Cl. The molecule has 1 N–H and O–H groups in total. The van der Waals surface area contributed by atoms with Crippen LogP contribution in [-0.4, -0.2) is 11.1 Å². The number of hydrogen-bond acceptors (Lipinski definition) is 1. The Bertz CT molecular complexity index is 156. The number of aliphatic carboxylic acids is 1. The van der Waals surface area contributed by atoms with Gasteiger partial charge in [0.15, 0.2) is 0 Å². The monoisotopic (exact) mass is 166 g/mol. The van der Waals surface area contributed by atoms with Crippen LogP contribution in [0.4, 0.5) is 0 Å². The topological polar surface area (TPSA) is 37.3 Å². The predicted molar refractivity (Wildman–Crippen MR) is 36.6 cm³/mol. The van der Waals surface area contributed by atoms with Crippen molar-refractivity contribution in [1.29, 1.82) is 0 Å². The van der Waals surface area contributed by atoms with E-state index in [-0.39, 0.29) is 4.49 Å². The highest BCUT2D eigenvalue weighted by Crippen LogP contribution is 2.05. The first-order valence-electron chi connectivity index (χ1n) is 2.05. The van der Waals surface area contributed by atoms with E-state index in [2.05, 4.69) is 0 Å². The van der Waals surface area contributed by atoms with E-state index < -0.39 is 5.97 Å². The van der Waals surface area contributed by atoms with Gasteiger partial charge in [-0.1, -0.05) is 29.3 Å². The van der Waals surface area contributed by atoms with Gasteiger partial charge < -0.3 is 5.11 Å². The molecule has 0 aromatic rings. The summed E-state index contributed by atoms with van der Waals surface area (Å²) in [5.74, 6) is -1.03. The van der Waals surface area contributed by atoms with Crippen molar-refractivity contribution in [2.75, 3.05) is 0 Å². The fraction of sp³-hybridized carbons (Fsp3) is 0. The minimum atomic E-state index is -1.03. The molecule has 0 saturated heterocycles. The smallest absolute Gasteiger partial charge is 0.328 e. The molecule has 0 aliphatic rings. The summed E-state index contributed by atoms with van der Waals surface area (Å²) in [6.45, 7) is 0. The highest BCUT2D eigenvalue weighted by atomic mass is 35.5. The number of rotatable bonds is 2. The van der Waals surface area contributed by atoms with Crippen molar-refractivity contribution >= 4 is 29.2 Å². The number of carboxylic acid groups (broad SMARTS) is 1. The minimum absolute atomic E-state index is 0.0347. The molecule has 0 unspecified atom stereocenters. The third-order valence-corrected chi connectivity index (χ3v) is 0.713. The van der Waals surface area contributed by atoms with E-state index in [4.69, 9.17) is 28.3 Å². The Hall–Kier alpha value is -0.470. The molecule has 0 spiro atoms. The summed E-state index contributed by atoms with van der Waals surface area (Å²) < 4.78 is 0.0347. The van der Waals surface area contributed by atoms with Gasteiger partial charge in [0.1, 0.15) is 4.49 Å². The first-order chi connectivity index (χ1) is 4.13. The maximum atomic E-state index is 9.78. The van der Waals surface area contributed by atoms with Crippen molar-refractivity contribution in [3.05, 3.63) is 22.7 Å². The van der Waals surface area contributed by atoms with Crippen molar-refractivity contribution in [2.45, 2.75) is 0 Å². The minimum Gasteiger partial charge on any atom is -0.478 e. The number of halogens is 2. The highest BCUT2D eigenvalue weighted by molar-refractivity contribution is 6.55. The van der Waals surface area contributed by atoms with Gasteiger partial charge in [-0.25, -0.2) is 4.79 Å². The van der Waals surface area contributed by atoms with Crippen LogP contribution in [0.2, 0.25) is 0 Å². The van der Waals surface area contributed by atoms with E-state index in [9.17, 15) is 4.79 Å². The first-order valence-corrected chi connectivity index (χ1v) is 2.81. The molecule has 0 aromatic carbocycles. The summed E-state index contributed by atoms with van der Waals surface area (Å²) in [5.41, 5.74) is 0. The molecule has 9 heavy (non-hydrogen) atoms. The van der Waals surface area contributed by atoms with Crippen molar-refractivity contribution in [3.8, 4) is 0 Å². The largest absolute Gasteiger partial charge is 0.478 e. The maximum absolute atomic E-state index is 9.78. The molecule has 0 atom stereocenters. The Morgan fingerprint density at radius 2 is 2.00 bits per heavy atom. The molecule has 0 aliphatic heterocycles. The summed E-state index contributed by atoms with van der Waals surface area (Å²) in [5, 5.41) is 8.02. The molecule has 0 heterocycles. The highest BCUT2D eigenvalue weighted by Gasteiger charge is 1.82. The third kappa shape index (κ3) is 7.53. The molecule has 0 radical (unpaired) electrons. The van der Waals surface area contributed by atoms with Gasteiger partial charge >= 0.3 is 5.97 Å². The van der Waals surface area contributed by atoms with Crippen LogP contribution in [-0.2, 0) is 4.79 Å². The number of hydrogen-bond donors (Lipinski definition) is 1. The van der Waals surface area contributed by atoms with Gasteiger partial charge in [-0.15, -0.1) is 0 Å². The first kappa shape index (κ1) is 8.53. The Labute approximate surface area is 62.4 Å². The molecule has 0 aliphatic carbocycles. The van der Waals surface area contributed by atoms with Crippen LogP contribution in [0.3, 0.4) is 0 Å². The Morgan fingerprint density at radius 3 is 2.33 bits per heavy atom. The molecule has 0 bridgehead atoms. The summed E-state index contributed by atoms with van der Waals surface area (Å²) in [6, 6.07) is 0. The average Bonchev–Trinajstić information content (AvgIpc) is 1.63. The molecular weight excluding hydrogens is 163 g/mol. The van der Waals surface area contributed by atoms with Crippen LogP contribution in [0.25, 0.3) is 0 Å². The quantitative estimate of drug-likeness (QED) is 0.504. The molecule has 4 heteroatoms. The van der Waals surface area contributed by atoms with Gasteiger partial charge in [-0.2, -0.15) is 0 Å². The Balaban J connectivity index is 3.74. The van der Waals surface area contributed by atoms with E-state index in [1.807, 2.05) is 0 Å². The number of carbonyl (C=O) groups is 1. The van der Waals surface area contributed by atoms with Crippen LogP contribution >= 0.6 is 23.2 Å². The van der Waals surface area contributed by atoms with Gasteiger partial charge in [0.05, 0.1) is 0 Å². The van der Waals surface area contributed by atoms with E-state index in [0.29, 0.717) is 0 Å². The van der Waals surface area contributed by atoms with E-state index in [1.165, 1.54) is 12.2 Å². The lowest BCUT2D eigenvalue weighted by atomic mass is 10.5. The molecule has 50 valence electrons. The van der Waals surface area contributed by atoms with E-state index >= 15 is 0 Å². The number of carboxylic acids is 1. The van der Waals surface area contributed by atoms with Crippen LogP contribution in [0, 0.1) is 0 Å². The normalized spacial score (nSPS) is 9.56. The third-order valence-electron chi connectivity index (χ3n) is 0.461. The van der Waals surface area contributed by atoms with Crippen LogP contribution in [0.15, 0.2) is 22.7 Å². The van der Waals surface area contributed by atoms with Crippen molar-refractivity contribution in [2.24, 2.45) is 0 Å². The fourth-order valence-electron chi connectivity index (χ4n) is 0.203. The lowest BCUT2D eigenvalue weighted by Crippen LogP contribution is -1.84. The van der Waals surface area contributed by atoms with Gasteiger partial charge in [0, 0.05) is 6.08 Å². The summed E-state index contributed by atoms with van der Waals surface area (Å²) in [4.78, 5) is 9.78. The van der Waals surface area contributed by atoms with Crippen LogP contribution in [0.1, 0.15) is 0 Å². The molecule has 0 rings (SSSR count). The molecule has 0 aromatic heterocycles. The van der Waals surface area contributed by atoms with Gasteiger partial charge in [0.25, 0.3) is 0 Å².